The summed E-state index contributed by atoms with van der Waals surface area (Å²) in [6.45, 7) is 2.51. The molecule has 1 aromatic carbocycles. The molecule has 1 aliphatic rings. The lowest BCUT2D eigenvalue weighted by Gasteiger charge is -2.37. The Bertz CT molecular complexity index is 574. The highest BCUT2D eigenvalue weighted by molar-refractivity contribution is 5.96. The zero-order chi connectivity index (χ0) is 15.4. The average molecular weight is 286 g/mol. The van der Waals surface area contributed by atoms with Crippen molar-refractivity contribution >= 4 is 11.9 Å². The van der Waals surface area contributed by atoms with Gasteiger partial charge in [-0.2, -0.15) is 5.26 Å². The van der Waals surface area contributed by atoms with Gasteiger partial charge in [0.15, 0.2) is 0 Å². The number of hydrogen-bond acceptors (Lipinski definition) is 3. The lowest BCUT2D eigenvalue weighted by molar-refractivity contribution is -0.144. The molecule has 2 atom stereocenters. The Labute approximate surface area is 123 Å². The lowest BCUT2D eigenvalue weighted by atomic mass is 9.88. The van der Waals surface area contributed by atoms with Crippen molar-refractivity contribution in [2.24, 2.45) is 5.92 Å². The Morgan fingerprint density at radius 3 is 2.57 bits per heavy atom. The maximum absolute atomic E-state index is 12.5. The van der Waals surface area contributed by atoms with E-state index in [9.17, 15) is 14.7 Å². The second kappa shape index (κ2) is 6.40. The van der Waals surface area contributed by atoms with E-state index in [1.54, 1.807) is 24.3 Å². The minimum Gasteiger partial charge on any atom is -0.480 e. The number of nitrogens with zero attached hydrogens (tertiary/aromatic N) is 2. The molecule has 21 heavy (non-hydrogen) atoms. The molecule has 0 bridgehead atoms. The van der Waals surface area contributed by atoms with E-state index in [1.165, 1.54) is 4.90 Å². The Kier molecular flexibility index (Phi) is 4.59. The highest BCUT2D eigenvalue weighted by Crippen LogP contribution is 2.27. The van der Waals surface area contributed by atoms with E-state index in [2.05, 4.69) is 0 Å². The third kappa shape index (κ3) is 3.22. The minimum absolute atomic E-state index is 0.276. The molecule has 5 nitrogen and oxygen atoms in total. The molecular weight excluding hydrogens is 268 g/mol. The fourth-order valence-corrected chi connectivity index (χ4v) is 2.74. The van der Waals surface area contributed by atoms with Gasteiger partial charge in [-0.3, -0.25) is 4.79 Å². The SMILES string of the molecule is CCC1CCN(C(=O)c2ccc(C#N)cc2)C(C(=O)O)C1. The molecule has 110 valence electrons. The zero-order valence-corrected chi connectivity index (χ0v) is 12.0. The number of carbonyl (C=O) groups excluding carboxylic acids is 1. The van der Waals surface area contributed by atoms with Crippen LogP contribution in [0.2, 0.25) is 0 Å². The average Bonchev–Trinajstić information content (AvgIpc) is 2.53. The van der Waals surface area contributed by atoms with E-state index in [1.807, 2.05) is 13.0 Å². The van der Waals surface area contributed by atoms with Crippen LogP contribution in [0.5, 0.6) is 0 Å². The molecule has 1 heterocycles. The van der Waals surface area contributed by atoms with Crippen LogP contribution in [0.4, 0.5) is 0 Å². The smallest absolute Gasteiger partial charge is 0.326 e. The second-order valence-corrected chi connectivity index (χ2v) is 5.34. The summed E-state index contributed by atoms with van der Waals surface area (Å²) < 4.78 is 0. The number of likely N-dealkylation sites (tertiary alicyclic amines) is 1. The van der Waals surface area contributed by atoms with Crippen molar-refractivity contribution in [3.8, 4) is 6.07 Å². The van der Waals surface area contributed by atoms with Gasteiger partial charge in [0.25, 0.3) is 5.91 Å². The quantitative estimate of drug-likeness (QED) is 0.924. The molecule has 0 saturated carbocycles. The first-order valence-electron chi connectivity index (χ1n) is 7.10. The predicted molar refractivity (Wildman–Crippen MR) is 76.6 cm³/mol. The van der Waals surface area contributed by atoms with Crippen LogP contribution in [0, 0.1) is 17.2 Å². The number of hydrogen-bond donors (Lipinski definition) is 1. The van der Waals surface area contributed by atoms with E-state index < -0.39 is 12.0 Å². The molecule has 5 heteroatoms. The van der Waals surface area contributed by atoms with Crippen LogP contribution in [0.3, 0.4) is 0 Å². The summed E-state index contributed by atoms with van der Waals surface area (Å²) in [7, 11) is 0. The summed E-state index contributed by atoms with van der Waals surface area (Å²) in [6, 6.07) is 7.53. The van der Waals surface area contributed by atoms with Gasteiger partial charge in [-0.1, -0.05) is 13.3 Å². The third-order valence-corrected chi connectivity index (χ3v) is 4.10. The van der Waals surface area contributed by atoms with Crippen molar-refractivity contribution in [3.05, 3.63) is 35.4 Å². The highest BCUT2D eigenvalue weighted by Gasteiger charge is 2.35. The van der Waals surface area contributed by atoms with Gasteiger partial charge in [-0.05, 0) is 43.0 Å². The molecule has 1 aliphatic heterocycles. The normalized spacial score (nSPS) is 21.6. The molecule has 0 radical (unpaired) electrons. The summed E-state index contributed by atoms with van der Waals surface area (Å²) >= 11 is 0. The molecule has 0 aromatic heterocycles. The standard InChI is InChI=1S/C16H18N2O3/c1-2-11-7-8-18(14(9-11)16(20)21)15(19)13-5-3-12(10-17)4-6-13/h3-6,11,14H,2,7-9H2,1H3,(H,20,21). The van der Waals surface area contributed by atoms with E-state index in [0.717, 1.165) is 12.8 Å². The van der Waals surface area contributed by atoms with Crippen molar-refractivity contribution < 1.29 is 14.7 Å². The maximum atomic E-state index is 12.5. The van der Waals surface area contributed by atoms with E-state index in [4.69, 9.17) is 5.26 Å². The molecular formula is C16H18N2O3. The van der Waals surface area contributed by atoms with E-state index in [-0.39, 0.29) is 5.91 Å². The van der Waals surface area contributed by atoms with Gasteiger partial charge in [0.1, 0.15) is 6.04 Å². The first-order valence-corrected chi connectivity index (χ1v) is 7.10. The monoisotopic (exact) mass is 286 g/mol. The number of piperidine rings is 1. The number of amides is 1. The van der Waals surface area contributed by atoms with Crippen molar-refractivity contribution in [1.29, 1.82) is 5.26 Å². The maximum Gasteiger partial charge on any atom is 0.326 e. The van der Waals surface area contributed by atoms with Gasteiger partial charge in [-0.25, -0.2) is 4.79 Å². The molecule has 1 aromatic rings. The summed E-state index contributed by atoms with van der Waals surface area (Å²) in [6.07, 6.45) is 2.28. The first kappa shape index (κ1) is 15.0. The van der Waals surface area contributed by atoms with Gasteiger partial charge in [0.05, 0.1) is 11.6 Å². The molecule has 1 fully saturated rings. The zero-order valence-electron chi connectivity index (χ0n) is 12.0. The Hall–Kier alpha value is -2.35. The second-order valence-electron chi connectivity index (χ2n) is 5.34. The Morgan fingerprint density at radius 2 is 2.05 bits per heavy atom. The number of carbonyl (C=O) groups is 2. The fraction of sp³-hybridized carbons (Fsp3) is 0.438. The van der Waals surface area contributed by atoms with Gasteiger partial charge in [-0.15, -0.1) is 0 Å². The molecule has 2 unspecified atom stereocenters. The van der Waals surface area contributed by atoms with Gasteiger partial charge in [0.2, 0.25) is 0 Å². The van der Waals surface area contributed by atoms with Crippen molar-refractivity contribution in [3.63, 3.8) is 0 Å². The number of aliphatic carboxylic acids is 1. The molecule has 1 saturated heterocycles. The fourth-order valence-electron chi connectivity index (χ4n) is 2.74. The first-order chi connectivity index (χ1) is 10.1. The lowest BCUT2D eigenvalue weighted by Crippen LogP contribution is -2.50. The number of rotatable bonds is 3. The van der Waals surface area contributed by atoms with Gasteiger partial charge >= 0.3 is 5.97 Å². The third-order valence-electron chi connectivity index (χ3n) is 4.10. The van der Waals surface area contributed by atoms with Crippen molar-refractivity contribution in [1.82, 2.24) is 4.90 Å². The molecule has 0 aliphatic carbocycles. The van der Waals surface area contributed by atoms with Crippen LogP contribution in [0.1, 0.15) is 42.1 Å². The van der Waals surface area contributed by atoms with Crippen LogP contribution in [0.15, 0.2) is 24.3 Å². The van der Waals surface area contributed by atoms with Crippen molar-refractivity contribution in [2.45, 2.75) is 32.2 Å². The van der Waals surface area contributed by atoms with Gasteiger partial charge < -0.3 is 10.0 Å². The number of benzene rings is 1. The minimum atomic E-state index is -0.949. The Morgan fingerprint density at radius 1 is 1.38 bits per heavy atom. The number of carboxylic acids is 1. The van der Waals surface area contributed by atoms with Crippen LogP contribution < -0.4 is 0 Å². The van der Waals surface area contributed by atoms with E-state index >= 15 is 0 Å². The highest BCUT2D eigenvalue weighted by atomic mass is 16.4. The van der Waals surface area contributed by atoms with Crippen LogP contribution in [-0.4, -0.2) is 34.5 Å². The van der Waals surface area contributed by atoms with E-state index in [0.29, 0.717) is 30.0 Å². The van der Waals surface area contributed by atoms with Gasteiger partial charge in [0, 0.05) is 12.1 Å². The number of carboxylic acid groups (broad SMARTS) is 1. The number of nitriles is 1. The molecule has 0 spiro atoms. The van der Waals surface area contributed by atoms with Crippen LogP contribution in [-0.2, 0) is 4.79 Å². The topological polar surface area (TPSA) is 81.4 Å². The van der Waals surface area contributed by atoms with Crippen LogP contribution in [0.25, 0.3) is 0 Å². The summed E-state index contributed by atoms with van der Waals surface area (Å²) in [5, 5.41) is 18.1. The molecule has 2 rings (SSSR count). The summed E-state index contributed by atoms with van der Waals surface area (Å²) in [4.78, 5) is 25.4. The van der Waals surface area contributed by atoms with Crippen molar-refractivity contribution in [2.75, 3.05) is 6.54 Å². The molecule has 1 amide bonds. The molecule has 1 N–H and O–H groups in total. The predicted octanol–water partition coefficient (Wildman–Crippen LogP) is 2.27. The summed E-state index contributed by atoms with van der Waals surface area (Å²) in [5.41, 5.74) is 0.904. The summed E-state index contributed by atoms with van der Waals surface area (Å²) in [5.74, 6) is -0.868. The Balaban J connectivity index is 2.20. The largest absolute Gasteiger partial charge is 0.480 e. The van der Waals surface area contributed by atoms with Crippen LogP contribution >= 0.6 is 0 Å².